The Morgan fingerprint density at radius 2 is 2.28 bits per heavy atom. The Bertz CT molecular complexity index is 438. The van der Waals surface area contributed by atoms with Crippen molar-refractivity contribution in [3.63, 3.8) is 0 Å². The third kappa shape index (κ3) is 2.69. The highest BCUT2D eigenvalue weighted by Gasteiger charge is 2.33. The number of nitrogens with one attached hydrogen (secondary N) is 1. The van der Waals surface area contributed by atoms with Gasteiger partial charge in [0.25, 0.3) is 0 Å². The standard InChI is InChI=1S/C14H20BrFN2/c1-4-14(3)9-18(10(2)8-17-14)13-7-11(16)5-6-12(13)15/h5-7,10,17H,4,8-9H2,1-3H3. The molecule has 2 unspecified atom stereocenters. The summed E-state index contributed by atoms with van der Waals surface area (Å²) in [4.78, 5) is 2.28. The Morgan fingerprint density at radius 1 is 1.56 bits per heavy atom. The van der Waals surface area contributed by atoms with Crippen molar-refractivity contribution in [2.24, 2.45) is 0 Å². The quantitative estimate of drug-likeness (QED) is 0.898. The zero-order valence-corrected chi connectivity index (χ0v) is 12.7. The van der Waals surface area contributed by atoms with Gasteiger partial charge in [-0.1, -0.05) is 6.92 Å². The second-order valence-electron chi connectivity index (χ2n) is 5.37. The van der Waals surface area contributed by atoms with Crippen molar-refractivity contribution in [3.05, 3.63) is 28.5 Å². The van der Waals surface area contributed by atoms with E-state index in [1.165, 1.54) is 6.07 Å². The summed E-state index contributed by atoms with van der Waals surface area (Å²) in [5.41, 5.74) is 1.04. The maximum absolute atomic E-state index is 13.4. The van der Waals surface area contributed by atoms with Gasteiger partial charge in [-0.2, -0.15) is 0 Å². The molecule has 4 heteroatoms. The molecule has 100 valence electrons. The molecule has 1 heterocycles. The number of hydrogen-bond donors (Lipinski definition) is 1. The largest absolute Gasteiger partial charge is 0.365 e. The van der Waals surface area contributed by atoms with Crippen molar-refractivity contribution in [1.29, 1.82) is 0 Å². The van der Waals surface area contributed by atoms with Gasteiger partial charge in [-0.05, 0) is 54.4 Å². The SMILES string of the molecule is CCC1(C)CN(c2cc(F)ccc2Br)C(C)CN1. The van der Waals surface area contributed by atoms with E-state index in [4.69, 9.17) is 0 Å². The molecule has 1 N–H and O–H groups in total. The van der Waals surface area contributed by atoms with Crippen LogP contribution in [0.5, 0.6) is 0 Å². The molecule has 1 aromatic carbocycles. The zero-order valence-electron chi connectivity index (χ0n) is 11.1. The average molecular weight is 315 g/mol. The summed E-state index contributed by atoms with van der Waals surface area (Å²) in [7, 11) is 0. The van der Waals surface area contributed by atoms with Crippen LogP contribution in [-0.4, -0.2) is 24.7 Å². The summed E-state index contributed by atoms with van der Waals surface area (Å²) in [6.07, 6.45) is 1.06. The first kappa shape index (κ1) is 13.8. The molecule has 1 fully saturated rings. The summed E-state index contributed by atoms with van der Waals surface area (Å²) in [6.45, 7) is 8.39. The highest BCUT2D eigenvalue weighted by molar-refractivity contribution is 9.10. The van der Waals surface area contributed by atoms with E-state index in [9.17, 15) is 4.39 Å². The predicted molar refractivity (Wildman–Crippen MR) is 77.6 cm³/mol. The molecule has 1 aromatic rings. The Morgan fingerprint density at radius 3 is 2.94 bits per heavy atom. The van der Waals surface area contributed by atoms with E-state index >= 15 is 0 Å². The molecular formula is C14H20BrFN2. The van der Waals surface area contributed by atoms with Gasteiger partial charge >= 0.3 is 0 Å². The van der Waals surface area contributed by atoms with Gasteiger partial charge in [-0.15, -0.1) is 0 Å². The maximum Gasteiger partial charge on any atom is 0.125 e. The fourth-order valence-electron chi connectivity index (χ4n) is 2.36. The Kier molecular flexibility index (Phi) is 3.97. The Hall–Kier alpha value is -0.610. The number of nitrogens with zero attached hydrogens (tertiary/aromatic N) is 1. The van der Waals surface area contributed by atoms with Crippen LogP contribution >= 0.6 is 15.9 Å². The van der Waals surface area contributed by atoms with Gasteiger partial charge in [0.2, 0.25) is 0 Å². The molecule has 1 aliphatic heterocycles. The van der Waals surface area contributed by atoms with Crippen molar-refractivity contribution in [2.45, 2.75) is 38.8 Å². The first-order valence-electron chi connectivity index (χ1n) is 6.42. The summed E-state index contributed by atoms with van der Waals surface area (Å²) < 4.78 is 14.4. The molecule has 1 aliphatic rings. The number of rotatable bonds is 2. The second-order valence-corrected chi connectivity index (χ2v) is 6.22. The molecule has 1 saturated heterocycles. The molecule has 0 aromatic heterocycles. The lowest BCUT2D eigenvalue weighted by Crippen LogP contribution is -2.62. The van der Waals surface area contributed by atoms with E-state index in [0.29, 0.717) is 6.04 Å². The number of halogens is 2. The molecule has 0 radical (unpaired) electrons. The average Bonchev–Trinajstić information content (AvgIpc) is 2.36. The van der Waals surface area contributed by atoms with E-state index in [1.807, 2.05) is 0 Å². The van der Waals surface area contributed by atoms with Gasteiger partial charge in [-0.3, -0.25) is 0 Å². The molecule has 0 aliphatic carbocycles. The van der Waals surface area contributed by atoms with Crippen LogP contribution < -0.4 is 10.2 Å². The minimum atomic E-state index is -0.183. The number of benzene rings is 1. The molecule has 0 bridgehead atoms. The number of piperazine rings is 1. The Labute approximate surface area is 117 Å². The highest BCUT2D eigenvalue weighted by Crippen LogP contribution is 2.32. The zero-order chi connectivity index (χ0) is 13.3. The van der Waals surface area contributed by atoms with Gasteiger partial charge in [0.15, 0.2) is 0 Å². The molecule has 2 atom stereocenters. The van der Waals surface area contributed by atoms with Crippen molar-refractivity contribution in [2.75, 3.05) is 18.0 Å². The van der Waals surface area contributed by atoms with E-state index in [1.54, 1.807) is 12.1 Å². The van der Waals surface area contributed by atoms with Crippen LogP contribution in [-0.2, 0) is 0 Å². The van der Waals surface area contributed by atoms with Crippen LogP contribution in [0.1, 0.15) is 27.2 Å². The molecular weight excluding hydrogens is 295 g/mol. The van der Waals surface area contributed by atoms with Gasteiger partial charge in [0.05, 0.1) is 5.69 Å². The lowest BCUT2D eigenvalue weighted by Gasteiger charge is -2.46. The second kappa shape index (κ2) is 5.17. The lowest BCUT2D eigenvalue weighted by atomic mass is 9.93. The number of anilines is 1. The fourth-order valence-corrected chi connectivity index (χ4v) is 2.83. The van der Waals surface area contributed by atoms with Crippen LogP contribution in [0.3, 0.4) is 0 Å². The summed E-state index contributed by atoms with van der Waals surface area (Å²) in [5, 5.41) is 3.58. The highest BCUT2D eigenvalue weighted by atomic mass is 79.9. The van der Waals surface area contributed by atoms with E-state index in [-0.39, 0.29) is 11.4 Å². The van der Waals surface area contributed by atoms with Crippen LogP contribution in [0.2, 0.25) is 0 Å². The molecule has 2 nitrogen and oxygen atoms in total. The summed E-state index contributed by atoms with van der Waals surface area (Å²) in [6, 6.07) is 5.24. The molecule has 0 amide bonds. The molecule has 0 spiro atoms. The third-order valence-electron chi connectivity index (χ3n) is 3.87. The maximum atomic E-state index is 13.4. The third-order valence-corrected chi connectivity index (χ3v) is 4.54. The van der Waals surface area contributed by atoms with Crippen LogP contribution in [0, 0.1) is 5.82 Å². The fraction of sp³-hybridized carbons (Fsp3) is 0.571. The van der Waals surface area contributed by atoms with Crippen molar-refractivity contribution in [1.82, 2.24) is 5.32 Å². The molecule has 2 rings (SSSR count). The van der Waals surface area contributed by atoms with E-state index in [0.717, 1.165) is 29.7 Å². The van der Waals surface area contributed by atoms with E-state index < -0.39 is 0 Å². The van der Waals surface area contributed by atoms with Gasteiger partial charge < -0.3 is 10.2 Å². The van der Waals surface area contributed by atoms with Crippen LogP contribution in [0.4, 0.5) is 10.1 Å². The van der Waals surface area contributed by atoms with Crippen molar-refractivity contribution >= 4 is 21.6 Å². The van der Waals surface area contributed by atoms with Gasteiger partial charge in [-0.25, -0.2) is 4.39 Å². The van der Waals surface area contributed by atoms with E-state index in [2.05, 4.69) is 46.9 Å². The van der Waals surface area contributed by atoms with Gasteiger partial charge in [0, 0.05) is 29.1 Å². The normalized spacial score (nSPS) is 28.5. The predicted octanol–water partition coefficient (Wildman–Crippen LogP) is 3.56. The molecule has 0 saturated carbocycles. The van der Waals surface area contributed by atoms with Crippen molar-refractivity contribution < 1.29 is 4.39 Å². The van der Waals surface area contributed by atoms with Crippen molar-refractivity contribution in [3.8, 4) is 0 Å². The van der Waals surface area contributed by atoms with Gasteiger partial charge in [0.1, 0.15) is 5.82 Å². The molecule has 18 heavy (non-hydrogen) atoms. The number of hydrogen-bond acceptors (Lipinski definition) is 2. The first-order chi connectivity index (χ1) is 8.45. The smallest absolute Gasteiger partial charge is 0.125 e. The first-order valence-corrected chi connectivity index (χ1v) is 7.21. The topological polar surface area (TPSA) is 15.3 Å². The monoisotopic (exact) mass is 314 g/mol. The minimum Gasteiger partial charge on any atom is -0.365 e. The Balaban J connectivity index is 2.32. The summed E-state index contributed by atoms with van der Waals surface area (Å²) in [5.74, 6) is -0.183. The minimum absolute atomic E-state index is 0.0955. The van der Waals surface area contributed by atoms with Crippen LogP contribution in [0.15, 0.2) is 22.7 Å². The summed E-state index contributed by atoms with van der Waals surface area (Å²) >= 11 is 3.52. The van der Waals surface area contributed by atoms with Crippen LogP contribution in [0.25, 0.3) is 0 Å². The lowest BCUT2D eigenvalue weighted by molar-refractivity contribution is 0.285.